The molecule has 2 aromatic rings. The summed E-state index contributed by atoms with van der Waals surface area (Å²) >= 11 is 6.14. The van der Waals surface area contributed by atoms with E-state index in [0.29, 0.717) is 27.7 Å². The number of carbonyl (C=O) groups is 1. The van der Waals surface area contributed by atoms with Gasteiger partial charge < -0.3 is 4.90 Å². The lowest BCUT2D eigenvalue weighted by atomic mass is 10.0. The van der Waals surface area contributed by atoms with Gasteiger partial charge in [-0.25, -0.2) is 8.42 Å². The van der Waals surface area contributed by atoms with Crippen molar-refractivity contribution in [2.75, 3.05) is 30.0 Å². The van der Waals surface area contributed by atoms with Gasteiger partial charge in [-0.1, -0.05) is 17.7 Å². The first-order valence-corrected chi connectivity index (χ1v) is 10.0. The van der Waals surface area contributed by atoms with Crippen molar-refractivity contribution >= 4 is 38.7 Å². The van der Waals surface area contributed by atoms with E-state index in [1.54, 1.807) is 36.5 Å². The SMILES string of the molecule is CS(=O)(=O)CCN1C(=O)CN=C(c2ccccn2)c2cc(Cl)ccc21. The number of anilines is 1. The van der Waals surface area contributed by atoms with E-state index in [0.717, 1.165) is 6.26 Å². The van der Waals surface area contributed by atoms with E-state index in [4.69, 9.17) is 11.6 Å². The molecule has 0 fully saturated rings. The van der Waals surface area contributed by atoms with Crippen molar-refractivity contribution < 1.29 is 13.2 Å². The van der Waals surface area contributed by atoms with Gasteiger partial charge in [0.2, 0.25) is 5.91 Å². The summed E-state index contributed by atoms with van der Waals surface area (Å²) in [6, 6.07) is 10.5. The van der Waals surface area contributed by atoms with Crippen molar-refractivity contribution in [3.05, 3.63) is 58.9 Å². The number of aliphatic imine (C=N–C) groups is 1. The van der Waals surface area contributed by atoms with Crippen LogP contribution in [0, 0.1) is 0 Å². The highest BCUT2D eigenvalue weighted by molar-refractivity contribution is 7.90. The van der Waals surface area contributed by atoms with Gasteiger partial charge in [-0.3, -0.25) is 14.8 Å². The van der Waals surface area contributed by atoms with Gasteiger partial charge in [-0.2, -0.15) is 0 Å². The zero-order valence-electron chi connectivity index (χ0n) is 13.5. The third-order valence-electron chi connectivity index (χ3n) is 3.77. The average molecular weight is 378 g/mol. The number of pyridine rings is 1. The highest BCUT2D eigenvalue weighted by Gasteiger charge is 2.26. The smallest absolute Gasteiger partial charge is 0.248 e. The Hall–Kier alpha value is -2.25. The molecule has 0 unspecified atom stereocenters. The Morgan fingerprint density at radius 1 is 1.24 bits per heavy atom. The number of benzodiazepines with no additional fused rings is 1. The molecule has 0 aliphatic carbocycles. The first-order valence-electron chi connectivity index (χ1n) is 7.59. The maximum absolute atomic E-state index is 12.5. The summed E-state index contributed by atoms with van der Waals surface area (Å²) in [4.78, 5) is 22.7. The predicted octanol–water partition coefficient (Wildman–Crippen LogP) is 1.96. The fourth-order valence-corrected chi connectivity index (χ4v) is 3.30. The summed E-state index contributed by atoms with van der Waals surface area (Å²) in [7, 11) is -3.20. The van der Waals surface area contributed by atoms with Crippen LogP contribution in [0.25, 0.3) is 0 Å². The quantitative estimate of drug-likeness (QED) is 0.815. The van der Waals surface area contributed by atoms with Gasteiger partial charge in [0.05, 0.1) is 22.8 Å². The van der Waals surface area contributed by atoms with Crippen LogP contribution >= 0.6 is 11.6 Å². The summed E-state index contributed by atoms with van der Waals surface area (Å²) in [5.74, 6) is -0.391. The highest BCUT2D eigenvalue weighted by Crippen LogP contribution is 2.29. The molecular weight excluding hydrogens is 362 g/mol. The van der Waals surface area contributed by atoms with Crippen molar-refractivity contribution in [3.63, 3.8) is 0 Å². The zero-order valence-corrected chi connectivity index (χ0v) is 15.1. The molecular formula is C17H16ClN3O3S. The van der Waals surface area contributed by atoms with E-state index >= 15 is 0 Å². The van der Waals surface area contributed by atoms with Crippen LogP contribution in [-0.2, 0) is 14.6 Å². The molecule has 0 radical (unpaired) electrons. The lowest BCUT2D eigenvalue weighted by Crippen LogP contribution is -2.36. The first kappa shape index (κ1) is 17.6. The van der Waals surface area contributed by atoms with Crippen molar-refractivity contribution in [2.45, 2.75) is 0 Å². The molecule has 6 nitrogen and oxygen atoms in total. The Labute approximate surface area is 151 Å². The molecule has 0 spiro atoms. The number of hydrogen-bond acceptors (Lipinski definition) is 5. The summed E-state index contributed by atoms with van der Waals surface area (Å²) in [5, 5.41) is 0.500. The molecule has 1 amide bonds. The fraction of sp³-hybridized carbons (Fsp3) is 0.235. The minimum atomic E-state index is -3.20. The lowest BCUT2D eigenvalue weighted by molar-refractivity contribution is -0.117. The third-order valence-corrected chi connectivity index (χ3v) is 4.93. The standard InChI is InChI=1S/C17H16ClN3O3S/c1-25(23,24)9-8-21-15-6-5-12(18)10-13(15)17(20-11-16(21)22)14-4-2-3-7-19-14/h2-7,10H,8-9,11H2,1H3. The second-order valence-electron chi connectivity index (χ2n) is 5.72. The Morgan fingerprint density at radius 3 is 2.72 bits per heavy atom. The van der Waals surface area contributed by atoms with Gasteiger partial charge in [-0.15, -0.1) is 0 Å². The minimum absolute atomic E-state index is 0.0668. The van der Waals surface area contributed by atoms with E-state index in [9.17, 15) is 13.2 Å². The number of nitrogens with zero attached hydrogens (tertiary/aromatic N) is 3. The van der Waals surface area contributed by atoms with Crippen LogP contribution in [0.4, 0.5) is 5.69 Å². The predicted molar refractivity (Wildman–Crippen MR) is 98.3 cm³/mol. The van der Waals surface area contributed by atoms with Gasteiger partial charge >= 0.3 is 0 Å². The third kappa shape index (κ3) is 4.05. The summed E-state index contributed by atoms with van der Waals surface area (Å²) in [5.41, 5.74) is 2.43. The number of aromatic nitrogens is 1. The minimum Gasteiger partial charge on any atom is -0.309 e. The summed E-state index contributed by atoms with van der Waals surface area (Å²) in [6.07, 6.45) is 2.80. The Kier molecular flexibility index (Phi) is 4.87. The van der Waals surface area contributed by atoms with Crippen LogP contribution in [0.3, 0.4) is 0 Å². The lowest BCUT2D eigenvalue weighted by Gasteiger charge is -2.22. The second kappa shape index (κ2) is 6.93. The fourth-order valence-electron chi connectivity index (χ4n) is 2.61. The number of amides is 1. The molecule has 0 saturated carbocycles. The Bertz CT molecular complexity index is 943. The molecule has 2 heterocycles. The van der Waals surface area contributed by atoms with Gasteiger partial charge in [0.25, 0.3) is 0 Å². The number of hydrogen-bond donors (Lipinski definition) is 0. The molecule has 1 aromatic carbocycles. The molecule has 1 aromatic heterocycles. The number of carbonyl (C=O) groups excluding carboxylic acids is 1. The molecule has 8 heteroatoms. The highest BCUT2D eigenvalue weighted by atomic mass is 35.5. The van der Waals surface area contributed by atoms with E-state index in [1.165, 1.54) is 4.90 Å². The van der Waals surface area contributed by atoms with Gasteiger partial charge in [0.1, 0.15) is 16.4 Å². The van der Waals surface area contributed by atoms with Crippen molar-refractivity contribution in [1.82, 2.24) is 4.98 Å². The number of sulfone groups is 1. The van der Waals surface area contributed by atoms with E-state index < -0.39 is 9.84 Å². The van der Waals surface area contributed by atoms with Crippen LogP contribution in [0.15, 0.2) is 47.6 Å². The molecule has 3 rings (SSSR count). The molecule has 0 N–H and O–H groups in total. The van der Waals surface area contributed by atoms with Gasteiger partial charge in [0.15, 0.2) is 0 Å². The van der Waals surface area contributed by atoms with Gasteiger partial charge in [0, 0.05) is 29.6 Å². The summed E-state index contributed by atoms with van der Waals surface area (Å²) < 4.78 is 23.0. The molecule has 1 aliphatic rings. The molecule has 25 heavy (non-hydrogen) atoms. The van der Waals surface area contributed by atoms with Crippen LogP contribution < -0.4 is 4.90 Å². The Balaban J connectivity index is 2.10. The monoisotopic (exact) mass is 377 g/mol. The van der Waals surface area contributed by atoms with E-state index in [2.05, 4.69) is 9.98 Å². The van der Waals surface area contributed by atoms with Crippen molar-refractivity contribution in [3.8, 4) is 0 Å². The average Bonchev–Trinajstić information content (AvgIpc) is 2.69. The first-order chi connectivity index (χ1) is 11.8. The number of benzene rings is 1. The molecule has 0 bridgehead atoms. The van der Waals surface area contributed by atoms with Crippen LogP contribution in [-0.4, -0.2) is 50.1 Å². The molecule has 1 aliphatic heterocycles. The van der Waals surface area contributed by atoms with Crippen LogP contribution in [0.2, 0.25) is 5.02 Å². The van der Waals surface area contributed by atoms with Crippen molar-refractivity contribution in [2.24, 2.45) is 4.99 Å². The van der Waals surface area contributed by atoms with E-state index in [-0.39, 0.29) is 24.7 Å². The largest absolute Gasteiger partial charge is 0.309 e. The topological polar surface area (TPSA) is 79.7 Å². The van der Waals surface area contributed by atoms with E-state index in [1.807, 2.05) is 6.07 Å². The normalized spacial score (nSPS) is 14.7. The Morgan fingerprint density at radius 2 is 2.04 bits per heavy atom. The number of halogens is 1. The van der Waals surface area contributed by atoms with Crippen LogP contribution in [0.5, 0.6) is 0 Å². The van der Waals surface area contributed by atoms with Crippen LogP contribution in [0.1, 0.15) is 11.3 Å². The molecule has 0 saturated heterocycles. The molecule has 130 valence electrons. The second-order valence-corrected chi connectivity index (χ2v) is 8.41. The molecule has 0 atom stereocenters. The van der Waals surface area contributed by atoms with Crippen molar-refractivity contribution in [1.29, 1.82) is 0 Å². The summed E-state index contributed by atoms with van der Waals surface area (Å²) in [6.45, 7) is -0.0146. The maximum atomic E-state index is 12.5. The number of rotatable bonds is 4. The number of fused-ring (bicyclic) bond motifs is 1. The maximum Gasteiger partial charge on any atom is 0.248 e. The zero-order chi connectivity index (χ0) is 18.0. The van der Waals surface area contributed by atoms with Gasteiger partial charge in [-0.05, 0) is 30.3 Å².